The van der Waals surface area contributed by atoms with Crippen molar-refractivity contribution in [2.45, 2.75) is 32.2 Å². The normalized spacial score (nSPS) is 13.4. The van der Waals surface area contributed by atoms with E-state index in [4.69, 9.17) is 5.73 Å². The van der Waals surface area contributed by atoms with Crippen molar-refractivity contribution in [1.29, 1.82) is 0 Å². The molecule has 0 amide bonds. The molecule has 6 heteroatoms. The molecule has 1 atom stereocenters. The van der Waals surface area contributed by atoms with Crippen LogP contribution >= 0.6 is 11.8 Å². The second-order valence-corrected chi connectivity index (χ2v) is 7.53. The highest BCUT2D eigenvalue weighted by molar-refractivity contribution is 7.99. The van der Waals surface area contributed by atoms with Gasteiger partial charge in [-0.25, -0.2) is 13.1 Å². The van der Waals surface area contributed by atoms with Gasteiger partial charge in [0.2, 0.25) is 10.0 Å². The first-order valence-corrected chi connectivity index (χ1v) is 9.13. The standard InChI is InChI=1S/C13H22N2O2S2/c1-3-18-9-11(2)15-19(16,17)10-13-6-4-5-12(7-13)8-14/h4-7,11,15H,3,8-10,14H2,1-2H3. The molecule has 0 fully saturated rings. The molecular formula is C13H22N2O2S2. The summed E-state index contributed by atoms with van der Waals surface area (Å²) in [6, 6.07) is 7.33. The van der Waals surface area contributed by atoms with Crippen molar-refractivity contribution in [2.75, 3.05) is 11.5 Å². The first-order valence-electron chi connectivity index (χ1n) is 6.32. The maximum Gasteiger partial charge on any atom is 0.216 e. The number of nitrogens with one attached hydrogen (secondary N) is 1. The topological polar surface area (TPSA) is 72.2 Å². The van der Waals surface area contributed by atoms with Crippen LogP contribution in [0.4, 0.5) is 0 Å². The van der Waals surface area contributed by atoms with E-state index in [0.29, 0.717) is 6.54 Å². The maximum absolute atomic E-state index is 12.0. The minimum atomic E-state index is -3.29. The number of thioether (sulfide) groups is 1. The van der Waals surface area contributed by atoms with Gasteiger partial charge in [-0.15, -0.1) is 0 Å². The lowest BCUT2D eigenvalue weighted by Gasteiger charge is -2.13. The SMILES string of the molecule is CCSCC(C)NS(=O)(=O)Cc1cccc(CN)c1. The van der Waals surface area contributed by atoms with Gasteiger partial charge in [0.15, 0.2) is 0 Å². The minimum absolute atomic E-state index is 0.00196. The van der Waals surface area contributed by atoms with Gasteiger partial charge in [0, 0.05) is 18.3 Å². The highest BCUT2D eigenvalue weighted by Gasteiger charge is 2.15. The van der Waals surface area contributed by atoms with Crippen LogP contribution in [-0.4, -0.2) is 26.0 Å². The van der Waals surface area contributed by atoms with Gasteiger partial charge in [-0.2, -0.15) is 11.8 Å². The molecule has 0 aliphatic rings. The fourth-order valence-corrected chi connectivity index (χ4v) is 3.92. The summed E-state index contributed by atoms with van der Waals surface area (Å²) in [5, 5.41) is 0. The molecule has 19 heavy (non-hydrogen) atoms. The Morgan fingerprint density at radius 3 is 2.68 bits per heavy atom. The van der Waals surface area contributed by atoms with Gasteiger partial charge in [-0.1, -0.05) is 31.2 Å². The zero-order valence-electron chi connectivity index (χ0n) is 11.4. The van der Waals surface area contributed by atoms with Crippen LogP contribution in [-0.2, 0) is 22.3 Å². The first kappa shape index (κ1) is 16.5. The fourth-order valence-electron chi connectivity index (χ4n) is 1.74. The molecule has 0 aliphatic carbocycles. The van der Waals surface area contributed by atoms with Gasteiger partial charge in [0.05, 0.1) is 5.75 Å². The Kier molecular flexibility index (Phi) is 6.85. The molecule has 0 saturated heterocycles. The van der Waals surface area contributed by atoms with Crippen LogP contribution in [0.3, 0.4) is 0 Å². The lowest BCUT2D eigenvalue weighted by Crippen LogP contribution is -2.35. The van der Waals surface area contributed by atoms with Crippen LogP contribution in [0.1, 0.15) is 25.0 Å². The number of sulfonamides is 1. The molecule has 0 spiro atoms. The lowest BCUT2D eigenvalue weighted by molar-refractivity contribution is 0.570. The summed E-state index contributed by atoms with van der Waals surface area (Å²) in [7, 11) is -3.29. The van der Waals surface area contributed by atoms with Gasteiger partial charge in [-0.3, -0.25) is 0 Å². The number of rotatable bonds is 8. The summed E-state index contributed by atoms with van der Waals surface area (Å²) in [6.45, 7) is 4.37. The number of nitrogens with two attached hydrogens (primary N) is 1. The quantitative estimate of drug-likeness (QED) is 0.767. The maximum atomic E-state index is 12.0. The molecule has 1 unspecified atom stereocenters. The zero-order chi connectivity index (χ0) is 14.3. The van der Waals surface area contributed by atoms with Crippen molar-refractivity contribution in [3.63, 3.8) is 0 Å². The van der Waals surface area contributed by atoms with E-state index >= 15 is 0 Å². The summed E-state index contributed by atoms with van der Waals surface area (Å²) < 4.78 is 26.7. The lowest BCUT2D eigenvalue weighted by atomic mass is 10.1. The summed E-state index contributed by atoms with van der Waals surface area (Å²) in [5.74, 6) is 1.78. The highest BCUT2D eigenvalue weighted by Crippen LogP contribution is 2.10. The third-order valence-corrected chi connectivity index (χ3v) is 5.16. The van der Waals surface area contributed by atoms with Gasteiger partial charge >= 0.3 is 0 Å². The van der Waals surface area contributed by atoms with Crippen molar-refractivity contribution in [3.8, 4) is 0 Å². The Morgan fingerprint density at radius 2 is 2.05 bits per heavy atom. The summed E-state index contributed by atoms with van der Waals surface area (Å²) in [4.78, 5) is 0. The van der Waals surface area contributed by atoms with E-state index in [-0.39, 0.29) is 11.8 Å². The van der Waals surface area contributed by atoms with E-state index in [1.165, 1.54) is 0 Å². The van der Waals surface area contributed by atoms with Crippen LogP contribution in [0.15, 0.2) is 24.3 Å². The van der Waals surface area contributed by atoms with Crippen LogP contribution in [0, 0.1) is 0 Å². The Hall–Kier alpha value is -0.560. The Labute approximate surface area is 120 Å². The summed E-state index contributed by atoms with van der Waals surface area (Å²) in [5.41, 5.74) is 7.27. The van der Waals surface area contributed by atoms with Crippen LogP contribution in [0.2, 0.25) is 0 Å². The van der Waals surface area contributed by atoms with E-state index in [9.17, 15) is 8.42 Å². The van der Waals surface area contributed by atoms with E-state index in [0.717, 1.165) is 22.6 Å². The summed E-state index contributed by atoms with van der Waals surface area (Å²) in [6.07, 6.45) is 0. The molecule has 0 heterocycles. The second-order valence-electron chi connectivity index (χ2n) is 4.46. The summed E-state index contributed by atoms with van der Waals surface area (Å²) >= 11 is 1.73. The smallest absolute Gasteiger partial charge is 0.216 e. The second kappa shape index (κ2) is 7.89. The molecule has 108 valence electrons. The van der Waals surface area contributed by atoms with Crippen LogP contribution in [0.5, 0.6) is 0 Å². The van der Waals surface area contributed by atoms with E-state index < -0.39 is 10.0 Å². The highest BCUT2D eigenvalue weighted by atomic mass is 32.2. The number of hydrogen-bond donors (Lipinski definition) is 2. The van der Waals surface area contributed by atoms with Gasteiger partial charge in [0.1, 0.15) is 0 Å². The fraction of sp³-hybridized carbons (Fsp3) is 0.538. The molecule has 4 nitrogen and oxygen atoms in total. The number of hydrogen-bond acceptors (Lipinski definition) is 4. The molecule has 0 aromatic heterocycles. The molecule has 1 rings (SSSR count). The molecular weight excluding hydrogens is 280 g/mol. The third kappa shape index (κ3) is 6.42. The van der Waals surface area contributed by atoms with Crippen molar-refractivity contribution >= 4 is 21.8 Å². The molecule has 0 radical (unpaired) electrons. The van der Waals surface area contributed by atoms with Gasteiger partial charge in [-0.05, 0) is 23.8 Å². The van der Waals surface area contributed by atoms with E-state index in [2.05, 4.69) is 11.6 Å². The van der Waals surface area contributed by atoms with Crippen LogP contribution in [0.25, 0.3) is 0 Å². The molecule has 3 N–H and O–H groups in total. The van der Waals surface area contributed by atoms with Crippen molar-refractivity contribution in [2.24, 2.45) is 5.73 Å². The van der Waals surface area contributed by atoms with Crippen molar-refractivity contribution in [3.05, 3.63) is 35.4 Å². The molecule has 1 aromatic carbocycles. The zero-order valence-corrected chi connectivity index (χ0v) is 13.1. The van der Waals surface area contributed by atoms with E-state index in [1.807, 2.05) is 31.2 Å². The average Bonchev–Trinajstić information content (AvgIpc) is 2.35. The van der Waals surface area contributed by atoms with Crippen molar-refractivity contribution in [1.82, 2.24) is 4.72 Å². The number of benzene rings is 1. The van der Waals surface area contributed by atoms with Gasteiger partial charge < -0.3 is 5.73 Å². The van der Waals surface area contributed by atoms with Gasteiger partial charge in [0.25, 0.3) is 0 Å². The average molecular weight is 302 g/mol. The molecule has 0 aliphatic heterocycles. The molecule has 0 bridgehead atoms. The predicted octanol–water partition coefficient (Wildman–Crippen LogP) is 1.71. The van der Waals surface area contributed by atoms with E-state index in [1.54, 1.807) is 11.8 Å². The Bertz CT molecular complexity index is 489. The molecule has 1 aromatic rings. The van der Waals surface area contributed by atoms with Crippen molar-refractivity contribution < 1.29 is 8.42 Å². The largest absolute Gasteiger partial charge is 0.326 e. The first-order chi connectivity index (χ1) is 8.96. The molecule has 0 saturated carbocycles. The predicted molar refractivity (Wildman–Crippen MR) is 82.6 cm³/mol. The Morgan fingerprint density at radius 1 is 1.37 bits per heavy atom. The Balaban J connectivity index is 2.63. The minimum Gasteiger partial charge on any atom is -0.326 e. The monoisotopic (exact) mass is 302 g/mol. The van der Waals surface area contributed by atoms with Crippen LogP contribution < -0.4 is 10.5 Å². The third-order valence-electron chi connectivity index (χ3n) is 2.54.